The fraction of sp³-hybridized carbons (Fsp3) is 0.765. The van der Waals surface area contributed by atoms with Gasteiger partial charge in [-0.3, -0.25) is 0 Å². The van der Waals surface area contributed by atoms with Gasteiger partial charge in [-0.1, -0.05) is 48.0 Å². The minimum atomic E-state index is 0.454. The molecule has 1 unspecified atom stereocenters. The molecule has 2 fully saturated rings. The van der Waals surface area contributed by atoms with Crippen LogP contribution in [0.1, 0.15) is 40.5 Å². The zero-order valence-electron chi connectivity index (χ0n) is 13.3. The maximum Gasteiger partial charge on any atom is 0.0300 e. The van der Waals surface area contributed by atoms with Gasteiger partial charge in [-0.15, -0.1) is 11.6 Å². The van der Waals surface area contributed by atoms with Gasteiger partial charge < -0.3 is 4.90 Å². The van der Waals surface area contributed by atoms with Crippen molar-refractivity contribution in [2.24, 2.45) is 11.3 Å². The van der Waals surface area contributed by atoms with E-state index in [0.29, 0.717) is 10.2 Å². The molecule has 0 N–H and O–H groups in total. The van der Waals surface area contributed by atoms with E-state index in [1.165, 1.54) is 25.1 Å². The summed E-state index contributed by atoms with van der Waals surface area (Å²) in [5, 5.41) is 0. The minimum Gasteiger partial charge on any atom is -0.302 e. The monoisotopic (exact) mass is 361 g/mol. The van der Waals surface area contributed by atoms with Crippen molar-refractivity contribution < 1.29 is 0 Å². The third-order valence-electron chi connectivity index (χ3n) is 4.25. The third kappa shape index (κ3) is 4.35. The van der Waals surface area contributed by atoms with E-state index in [2.05, 4.69) is 52.9 Å². The Labute approximate surface area is 138 Å². The number of likely N-dealkylation sites (tertiary alicyclic amines) is 1. The van der Waals surface area contributed by atoms with Gasteiger partial charge in [-0.05, 0) is 44.7 Å². The maximum atomic E-state index is 5.78. The fourth-order valence-corrected chi connectivity index (χ4v) is 3.55. The van der Waals surface area contributed by atoms with Crippen molar-refractivity contribution in [3.8, 4) is 0 Å². The predicted molar refractivity (Wildman–Crippen MR) is 95.0 cm³/mol. The summed E-state index contributed by atoms with van der Waals surface area (Å²) in [6.07, 6.45) is 9.37. The Morgan fingerprint density at radius 2 is 2.20 bits per heavy atom. The van der Waals surface area contributed by atoms with Gasteiger partial charge in [-0.2, -0.15) is 0 Å². The van der Waals surface area contributed by atoms with Crippen LogP contribution in [0.4, 0.5) is 0 Å². The predicted octanol–water partition coefficient (Wildman–Crippen LogP) is 5.25. The van der Waals surface area contributed by atoms with E-state index in [9.17, 15) is 0 Å². The van der Waals surface area contributed by atoms with Crippen LogP contribution in [0.3, 0.4) is 0 Å². The largest absolute Gasteiger partial charge is 0.302 e. The molecule has 0 bridgehead atoms. The van der Waals surface area contributed by atoms with Crippen LogP contribution < -0.4 is 0 Å². The minimum absolute atomic E-state index is 0.454. The Hall–Kier alpha value is 0.210. The lowest BCUT2D eigenvalue weighted by Gasteiger charge is -2.21. The van der Waals surface area contributed by atoms with Gasteiger partial charge in [0.25, 0.3) is 0 Å². The molecule has 0 aromatic heterocycles. The molecule has 3 heteroatoms. The molecule has 0 amide bonds. The number of hydrogen-bond donors (Lipinski definition) is 0. The Bertz CT molecular complexity index is 351. The highest BCUT2D eigenvalue weighted by Gasteiger charge is 2.60. The van der Waals surface area contributed by atoms with Gasteiger partial charge in [-0.25, -0.2) is 0 Å². The first-order chi connectivity index (χ1) is 9.62. The second kappa shape index (κ2) is 8.60. The summed E-state index contributed by atoms with van der Waals surface area (Å²) in [6.45, 7) is 12.0. The van der Waals surface area contributed by atoms with Crippen LogP contribution in [-0.4, -0.2) is 35.2 Å². The average molecular weight is 363 g/mol. The first kappa shape index (κ1) is 18.3. The Morgan fingerprint density at radius 1 is 1.50 bits per heavy atom. The van der Waals surface area contributed by atoms with Crippen molar-refractivity contribution >= 4 is 27.5 Å². The maximum absolute atomic E-state index is 5.78. The van der Waals surface area contributed by atoms with Gasteiger partial charge in [0, 0.05) is 29.2 Å². The van der Waals surface area contributed by atoms with Crippen LogP contribution in [0.15, 0.2) is 23.8 Å². The first-order valence-corrected chi connectivity index (χ1v) is 9.35. The number of halogens is 2. The molecule has 116 valence electrons. The Morgan fingerprint density at radius 3 is 2.75 bits per heavy atom. The van der Waals surface area contributed by atoms with E-state index in [1.54, 1.807) is 0 Å². The topological polar surface area (TPSA) is 3.24 Å². The van der Waals surface area contributed by atoms with Crippen LogP contribution >= 0.6 is 27.5 Å². The lowest BCUT2D eigenvalue weighted by atomic mass is 9.94. The highest BCUT2D eigenvalue weighted by Crippen LogP contribution is 2.62. The lowest BCUT2D eigenvalue weighted by molar-refractivity contribution is 0.292. The summed E-state index contributed by atoms with van der Waals surface area (Å²) in [5.74, 6) is 1.67. The summed E-state index contributed by atoms with van der Waals surface area (Å²) in [5.41, 5.74) is 2.01. The van der Waals surface area contributed by atoms with E-state index >= 15 is 0 Å². The highest BCUT2D eigenvalue weighted by molar-refractivity contribution is 9.09. The van der Waals surface area contributed by atoms with Crippen LogP contribution in [0, 0.1) is 11.3 Å². The number of alkyl halides is 2. The van der Waals surface area contributed by atoms with E-state index in [0.717, 1.165) is 24.8 Å². The smallest absolute Gasteiger partial charge is 0.0300 e. The molecular weight excluding hydrogens is 334 g/mol. The number of rotatable bonds is 6. The van der Waals surface area contributed by atoms with Crippen molar-refractivity contribution in [3.63, 3.8) is 0 Å². The van der Waals surface area contributed by atoms with Crippen molar-refractivity contribution in [2.75, 3.05) is 25.5 Å². The van der Waals surface area contributed by atoms with E-state index < -0.39 is 0 Å². The van der Waals surface area contributed by atoms with E-state index in [1.807, 2.05) is 13.8 Å². The average Bonchev–Trinajstić information content (AvgIpc) is 3.01. The molecule has 2 aliphatic rings. The van der Waals surface area contributed by atoms with Gasteiger partial charge in [0.1, 0.15) is 0 Å². The molecule has 0 aromatic rings. The van der Waals surface area contributed by atoms with Gasteiger partial charge in [0.05, 0.1) is 0 Å². The number of nitrogens with zero attached hydrogens (tertiary/aromatic N) is 1. The van der Waals surface area contributed by atoms with Crippen LogP contribution in [0.25, 0.3) is 0 Å². The molecule has 1 nitrogen and oxygen atoms in total. The second-order valence-corrected chi connectivity index (χ2v) is 7.44. The second-order valence-electron chi connectivity index (χ2n) is 5.62. The van der Waals surface area contributed by atoms with Crippen molar-refractivity contribution in [3.05, 3.63) is 23.8 Å². The molecule has 1 saturated carbocycles. The normalized spacial score (nSPS) is 30.9. The van der Waals surface area contributed by atoms with Crippen molar-refractivity contribution in [2.45, 2.75) is 45.4 Å². The SMILES string of the molecule is C/C=C(\C=C/C(C)Br)[C@@]12C[C@@H]1CN(CCCCl)C2.CC. The Kier molecular flexibility index (Phi) is 7.86. The number of fused-ring (bicyclic) bond motifs is 1. The molecular formula is C17H29BrClN. The molecule has 1 aliphatic heterocycles. The quantitative estimate of drug-likeness (QED) is 0.461. The van der Waals surface area contributed by atoms with E-state index in [-0.39, 0.29) is 0 Å². The number of allylic oxidation sites excluding steroid dienone is 3. The summed E-state index contributed by atoms with van der Waals surface area (Å²) < 4.78 is 0. The van der Waals surface area contributed by atoms with E-state index in [4.69, 9.17) is 11.6 Å². The van der Waals surface area contributed by atoms with Gasteiger partial charge in [0.2, 0.25) is 0 Å². The summed E-state index contributed by atoms with van der Waals surface area (Å²) >= 11 is 9.36. The molecule has 20 heavy (non-hydrogen) atoms. The molecule has 2 rings (SSSR count). The third-order valence-corrected chi connectivity index (χ3v) is 4.82. The molecule has 1 saturated heterocycles. The summed E-state index contributed by atoms with van der Waals surface area (Å²) in [7, 11) is 0. The van der Waals surface area contributed by atoms with Gasteiger partial charge >= 0.3 is 0 Å². The van der Waals surface area contributed by atoms with Gasteiger partial charge in [0.15, 0.2) is 0 Å². The summed E-state index contributed by atoms with van der Waals surface area (Å²) in [4.78, 5) is 3.04. The lowest BCUT2D eigenvalue weighted by Crippen LogP contribution is -2.26. The zero-order valence-corrected chi connectivity index (χ0v) is 15.7. The molecule has 0 spiro atoms. The van der Waals surface area contributed by atoms with Crippen LogP contribution in [0.5, 0.6) is 0 Å². The van der Waals surface area contributed by atoms with Crippen molar-refractivity contribution in [1.82, 2.24) is 4.90 Å². The first-order valence-electron chi connectivity index (χ1n) is 7.90. The molecule has 3 atom stereocenters. The molecule has 1 heterocycles. The van der Waals surface area contributed by atoms with Crippen LogP contribution in [0.2, 0.25) is 0 Å². The number of hydrogen-bond acceptors (Lipinski definition) is 1. The van der Waals surface area contributed by atoms with Crippen molar-refractivity contribution in [1.29, 1.82) is 0 Å². The Balaban J connectivity index is 0.000000956. The molecule has 1 aliphatic carbocycles. The zero-order chi connectivity index (χ0) is 15.2. The standard InChI is InChI=1S/C15H23BrClN.C2H6/c1-3-13(6-5-12(2)16)15-9-14(15)10-18(11-15)8-4-7-17;1-2/h3,5-6,12,14H,4,7-11H2,1-2H3;1-2H3/b6-5-,13-3+;/t12?,14-,15+;/m1./s1. The highest BCUT2D eigenvalue weighted by atomic mass is 79.9. The summed E-state index contributed by atoms with van der Waals surface area (Å²) in [6, 6.07) is 0. The molecule has 0 radical (unpaired) electrons. The number of piperidine rings is 1. The molecule has 0 aromatic carbocycles. The fourth-order valence-electron chi connectivity index (χ4n) is 3.27. The van der Waals surface area contributed by atoms with Crippen LogP contribution in [-0.2, 0) is 0 Å².